The van der Waals surface area contributed by atoms with Crippen LogP contribution in [-0.4, -0.2) is 45.4 Å². The molecule has 0 aliphatic heterocycles. The number of hydrogen-bond donors (Lipinski definition) is 3. The molecular weight excluding hydrogens is 395 g/mol. The summed E-state index contributed by atoms with van der Waals surface area (Å²) in [6, 6.07) is 6.48. The number of aliphatic carboxylic acids is 1. The molecule has 0 saturated heterocycles. The second-order valence-corrected chi connectivity index (χ2v) is 9.06. The van der Waals surface area contributed by atoms with Crippen molar-refractivity contribution in [2.45, 2.75) is 81.0 Å². The van der Waals surface area contributed by atoms with E-state index in [1.807, 2.05) is 0 Å². The van der Waals surface area contributed by atoms with Crippen molar-refractivity contribution in [3.05, 3.63) is 30.1 Å². The number of hydrogen-bond acceptors (Lipinski definition) is 6. The molecule has 3 N–H and O–H groups in total. The van der Waals surface area contributed by atoms with Crippen molar-refractivity contribution in [3.8, 4) is 0 Å². The predicted octanol–water partition coefficient (Wildman–Crippen LogP) is 2.51. The number of carboxylic acid groups (broad SMARTS) is 1. The third kappa shape index (κ3) is 8.24. The van der Waals surface area contributed by atoms with Crippen molar-refractivity contribution in [2.24, 2.45) is 11.8 Å². The molecule has 7 heteroatoms. The van der Waals surface area contributed by atoms with Gasteiger partial charge in [-0.25, -0.2) is 4.39 Å². The Morgan fingerprint density at radius 3 is 2.45 bits per heavy atom. The molecule has 1 unspecified atom stereocenters. The SMILES string of the molecule is O=C([O-])CCCCCC[C@@H]1C(CC[C@@H](O)CSc2ccccc2F)[C@H](O)C[C@@H]1O. The molecule has 1 saturated carbocycles. The zero-order valence-electron chi connectivity index (χ0n) is 16.7. The molecule has 0 amide bonds. The number of halogens is 1. The van der Waals surface area contributed by atoms with E-state index in [4.69, 9.17) is 0 Å². The number of carbonyl (C=O) groups excluding carboxylic acids is 1. The van der Waals surface area contributed by atoms with Crippen molar-refractivity contribution >= 4 is 17.7 Å². The summed E-state index contributed by atoms with van der Waals surface area (Å²) in [7, 11) is 0. The van der Waals surface area contributed by atoms with Gasteiger partial charge in [-0.15, -0.1) is 11.8 Å². The standard InChI is InChI=1S/C22H33FO5S/c23-18-8-5-6-9-21(18)29-14-15(24)11-12-17-16(19(25)13-20(17)26)7-3-1-2-4-10-22(27)28/h5-6,8-9,15-17,19-20,24-26H,1-4,7,10-14H2,(H,27,28)/p-1/t15-,16-,17?,19+,20-/m1/s1. The van der Waals surface area contributed by atoms with E-state index in [2.05, 4.69) is 0 Å². The van der Waals surface area contributed by atoms with Crippen LogP contribution in [0.5, 0.6) is 0 Å². The number of aliphatic hydroxyl groups excluding tert-OH is 3. The van der Waals surface area contributed by atoms with E-state index >= 15 is 0 Å². The Morgan fingerprint density at radius 1 is 1.10 bits per heavy atom. The highest BCUT2D eigenvalue weighted by Crippen LogP contribution is 2.39. The van der Waals surface area contributed by atoms with E-state index in [1.165, 1.54) is 17.8 Å². The van der Waals surface area contributed by atoms with Gasteiger partial charge >= 0.3 is 0 Å². The van der Waals surface area contributed by atoms with Crippen molar-refractivity contribution in [3.63, 3.8) is 0 Å². The van der Waals surface area contributed by atoms with Crippen LogP contribution in [0.1, 0.15) is 57.8 Å². The van der Waals surface area contributed by atoms with Crippen LogP contribution in [0.25, 0.3) is 0 Å². The maximum Gasteiger partial charge on any atom is 0.136 e. The highest BCUT2D eigenvalue weighted by molar-refractivity contribution is 7.99. The first kappa shape index (κ1) is 24.1. The second kappa shape index (κ2) is 12.5. The molecule has 0 spiro atoms. The highest BCUT2D eigenvalue weighted by Gasteiger charge is 2.40. The third-order valence-corrected chi connectivity index (χ3v) is 6.98. The quantitative estimate of drug-likeness (QED) is 0.330. The number of benzene rings is 1. The van der Waals surface area contributed by atoms with Gasteiger partial charge in [0.25, 0.3) is 0 Å². The van der Waals surface area contributed by atoms with E-state index in [0.29, 0.717) is 36.3 Å². The minimum absolute atomic E-state index is 0.00226. The van der Waals surface area contributed by atoms with Crippen molar-refractivity contribution in [2.75, 3.05) is 5.75 Å². The lowest BCUT2D eigenvalue weighted by Gasteiger charge is -2.24. The number of thioether (sulfide) groups is 1. The van der Waals surface area contributed by atoms with Crippen LogP contribution in [0.15, 0.2) is 29.2 Å². The first-order chi connectivity index (χ1) is 13.9. The molecule has 164 valence electrons. The van der Waals surface area contributed by atoms with Gasteiger partial charge in [0.1, 0.15) is 5.82 Å². The molecule has 1 aliphatic rings. The number of unbranched alkanes of at least 4 members (excludes halogenated alkanes) is 3. The normalized spacial score (nSPS) is 25.2. The molecule has 1 aliphatic carbocycles. The summed E-state index contributed by atoms with van der Waals surface area (Å²) < 4.78 is 13.7. The molecule has 1 aromatic rings. The highest BCUT2D eigenvalue weighted by atomic mass is 32.2. The largest absolute Gasteiger partial charge is 0.550 e. The van der Waals surface area contributed by atoms with Crippen LogP contribution in [0.3, 0.4) is 0 Å². The topological polar surface area (TPSA) is 101 Å². The summed E-state index contributed by atoms with van der Waals surface area (Å²) >= 11 is 1.28. The van der Waals surface area contributed by atoms with E-state index in [9.17, 15) is 29.6 Å². The van der Waals surface area contributed by atoms with E-state index in [0.717, 1.165) is 25.7 Å². The second-order valence-electron chi connectivity index (χ2n) is 8.00. The average molecular weight is 428 g/mol. The lowest BCUT2D eigenvalue weighted by molar-refractivity contribution is -0.305. The van der Waals surface area contributed by atoms with Crippen LogP contribution in [0.2, 0.25) is 0 Å². The molecule has 0 aromatic heterocycles. The Bertz CT molecular complexity index is 629. The van der Waals surface area contributed by atoms with Gasteiger partial charge in [0.2, 0.25) is 0 Å². The molecule has 5 atom stereocenters. The molecule has 2 rings (SSSR count). The lowest BCUT2D eigenvalue weighted by atomic mass is 9.85. The average Bonchev–Trinajstić information content (AvgIpc) is 2.94. The van der Waals surface area contributed by atoms with Crippen molar-refractivity contribution < 1.29 is 29.6 Å². The number of rotatable bonds is 13. The van der Waals surface area contributed by atoms with Crippen molar-refractivity contribution in [1.29, 1.82) is 0 Å². The summed E-state index contributed by atoms with van der Waals surface area (Å²) in [6.45, 7) is 0. The molecular formula is C22H32FO5S-. The lowest BCUT2D eigenvalue weighted by Crippen LogP contribution is -2.24. The fourth-order valence-corrected chi connectivity index (χ4v) is 5.12. The Labute approximate surface area is 176 Å². The Balaban J connectivity index is 1.72. The number of carbonyl (C=O) groups is 1. The van der Waals surface area contributed by atoms with Crippen LogP contribution in [0.4, 0.5) is 4.39 Å². The van der Waals surface area contributed by atoms with E-state index in [1.54, 1.807) is 18.2 Å². The molecule has 1 fully saturated rings. The maximum absolute atomic E-state index is 13.7. The third-order valence-electron chi connectivity index (χ3n) is 5.79. The molecule has 29 heavy (non-hydrogen) atoms. The Hall–Kier alpha value is -1.15. The predicted molar refractivity (Wildman–Crippen MR) is 109 cm³/mol. The van der Waals surface area contributed by atoms with E-state index < -0.39 is 24.3 Å². The summed E-state index contributed by atoms with van der Waals surface area (Å²) in [4.78, 5) is 10.9. The summed E-state index contributed by atoms with van der Waals surface area (Å²) in [5.41, 5.74) is 0. The summed E-state index contributed by atoms with van der Waals surface area (Å²) in [6.07, 6.45) is 3.82. The fourth-order valence-electron chi connectivity index (χ4n) is 4.20. The summed E-state index contributed by atoms with van der Waals surface area (Å²) in [5.74, 6) is -0.987. The molecule has 0 bridgehead atoms. The monoisotopic (exact) mass is 427 g/mol. The van der Waals surface area contributed by atoms with Crippen molar-refractivity contribution in [1.82, 2.24) is 0 Å². The minimum Gasteiger partial charge on any atom is -0.550 e. The fraction of sp³-hybridized carbons (Fsp3) is 0.682. The van der Waals surface area contributed by atoms with Gasteiger partial charge in [-0.05, 0) is 62.5 Å². The minimum atomic E-state index is -1.02. The van der Waals surface area contributed by atoms with Gasteiger partial charge in [0.05, 0.1) is 18.3 Å². The Morgan fingerprint density at radius 2 is 1.76 bits per heavy atom. The van der Waals surface area contributed by atoms with Crippen LogP contribution in [0, 0.1) is 17.7 Å². The van der Waals surface area contributed by atoms with Gasteiger partial charge in [0.15, 0.2) is 0 Å². The van der Waals surface area contributed by atoms with Gasteiger partial charge < -0.3 is 25.2 Å². The van der Waals surface area contributed by atoms with Crippen LogP contribution >= 0.6 is 11.8 Å². The van der Waals surface area contributed by atoms with Crippen LogP contribution < -0.4 is 5.11 Å². The zero-order chi connectivity index (χ0) is 21.2. The first-order valence-corrected chi connectivity index (χ1v) is 11.5. The number of aliphatic hydroxyl groups is 3. The summed E-state index contributed by atoms with van der Waals surface area (Å²) in [5, 5.41) is 41.3. The Kier molecular flexibility index (Phi) is 10.4. The van der Waals surface area contributed by atoms with E-state index in [-0.39, 0.29) is 24.1 Å². The zero-order valence-corrected chi connectivity index (χ0v) is 17.5. The smallest absolute Gasteiger partial charge is 0.136 e. The van der Waals surface area contributed by atoms with Crippen LogP contribution in [-0.2, 0) is 4.79 Å². The van der Waals surface area contributed by atoms with Gasteiger partial charge in [-0.3, -0.25) is 0 Å². The first-order valence-electron chi connectivity index (χ1n) is 10.5. The van der Waals surface area contributed by atoms with Gasteiger partial charge in [0, 0.05) is 16.6 Å². The molecule has 0 heterocycles. The maximum atomic E-state index is 13.7. The molecule has 1 aromatic carbocycles. The number of carboxylic acids is 1. The van der Waals surface area contributed by atoms with Gasteiger partial charge in [-0.2, -0.15) is 0 Å². The molecule has 5 nitrogen and oxygen atoms in total. The molecule has 0 radical (unpaired) electrons. The van der Waals surface area contributed by atoms with Gasteiger partial charge in [-0.1, -0.05) is 31.4 Å².